The SMILES string of the molecule is FC(F)(F)C1(c2ccc(CCOc3ccc(OCCc4ccc(C5(C(F)(F)F)N=N5)cc4)cc3)cc2)N=N1. The van der Waals surface area contributed by atoms with Crippen LogP contribution in [0.4, 0.5) is 26.3 Å². The van der Waals surface area contributed by atoms with Gasteiger partial charge in [0.2, 0.25) is 0 Å². The third kappa shape index (κ3) is 5.07. The number of alkyl halides is 6. The molecule has 2 heterocycles. The van der Waals surface area contributed by atoms with Crippen molar-refractivity contribution in [3.8, 4) is 11.5 Å². The van der Waals surface area contributed by atoms with Crippen LogP contribution in [-0.2, 0) is 24.2 Å². The van der Waals surface area contributed by atoms with Gasteiger partial charge in [-0.3, -0.25) is 0 Å². The summed E-state index contributed by atoms with van der Waals surface area (Å²) in [5.41, 5.74) is -3.23. The lowest BCUT2D eigenvalue weighted by Gasteiger charge is -2.15. The van der Waals surface area contributed by atoms with Crippen molar-refractivity contribution in [3.63, 3.8) is 0 Å². The summed E-state index contributed by atoms with van der Waals surface area (Å²) < 4.78 is 89.9. The van der Waals surface area contributed by atoms with E-state index in [4.69, 9.17) is 9.47 Å². The minimum absolute atomic E-state index is 0.0118. The number of hydrogen-bond donors (Lipinski definition) is 0. The first-order chi connectivity index (χ1) is 18.0. The Morgan fingerprint density at radius 2 is 0.816 bits per heavy atom. The lowest BCUT2D eigenvalue weighted by molar-refractivity contribution is -0.166. The molecule has 2 aliphatic heterocycles. The number of ether oxygens (including phenoxy) is 2. The lowest BCUT2D eigenvalue weighted by atomic mass is 10.0. The third-order valence-corrected chi connectivity index (χ3v) is 6.25. The van der Waals surface area contributed by atoms with Gasteiger partial charge >= 0.3 is 23.7 Å². The second-order valence-electron chi connectivity index (χ2n) is 8.80. The summed E-state index contributed by atoms with van der Waals surface area (Å²) in [7, 11) is 0. The Morgan fingerprint density at radius 3 is 1.08 bits per heavy atom. The van der Waals surface area contributed by atoms with E-state index in [0.29, 0.717) is 37.6 Å². The average Bonchev–Trinajstić information content (AvgIpc) is 3.79. The van der Waals surface area contributed by atoms with Crippen molar-refractivity contribution in [1.82, 2.24) is 0 Å². The first-order valence-electron chi connectivity index (χ1n) is 11.6. The molecule has 3 aromatic rings. The second-order valence-corrected chi connectivity index (χ2v) is 8.80. The van der Waals surface area contributed by atoms with E-state index in [2.05, 4.69) is 20.5 Å². The Labute approximate surface area is 213 Å². The molecule has 0 atom stereocenters. The molecule has 0 radical (unpaired) electrons. The van der Waals surface area contributed by atoms with Gasteiger partial charge < -0.3 is 9.47 Å². The number of halogens is 6. The van der Waals surface area contributed by atoms with Crippen LogP contribution in [0.15, 0.2) is 93.3 Å². The van der Waals surface area contributed by atoms with Gasteiger partial charge in [0.15, 0.2) is 0 Å². The predicted molar refractivity (Wildman–Crippen MR) is 123 cm³/mol. The highest BCUT2D eigenvalue weighted by atomic mass is 19.4. The molecule has 0 saturated heterocycles. The molecule has 2 aliphatic rings. The fourth-order valence-electron chi connectivity index (χ4n) is 3.90. The van der Waals surface area contributed by atoms with E-state index in [1.807, 2.05) is 0 Å². The lowest BCUT2D eigenvalue weighted by Crippen LogP contribution is -2.30. The van der Waals surface area contributed by atoms with Gasteiger partial charge in [-0.1, -0.05) is 48.5 Å². The van der Waals surface area contributed by atoms with E-state index in [1.165, 1.54) is 24.3 Å². The van der Waals surface area contributed by atoms with Crippen molar-refractivity contribution in [3.05, 3.63) is 95.1 Å². The normalized spacial score (nSPS) is 16.8. The maximum atomic E-state index is 13.1. The van der Waals surface area contributed by atoms with Crippen molar-refractivity contribution in [2.75, 3.05) is 13.2 Å². The molecule has 12 heteroatoms. The number of benzene rings is 3. The van der Waals surface area contributed by atoms with Crippen LogP contribution in [0.1, 0.15) is 22.3 Å². The van der Waals surface area contributed by atoms with E-state index in [9.17, 15) is 26.3 Å². The van der Waals surface area contributed by atoms with E-state index in [0.717, 1.165) is 11.1 Å². The molecule has 0 amide bonds. The largest absolute Gasteiger partial charge is 0.493 e. The highest BCUT2D eigenvalue weighted by Crippen LogP contribution is 2.53. The summed E-state index contributed by atoms with van der Waals surface area (Å²) in [6.07, 6.45) is -8.11. The molecule has 0 bridgehead atoms. The first-order valence-corrected chi connectivity index (χ1v) is 11.6. The van der Waals surface area contributed by atoms with Crippen molar-refractivity contribution < 1.29 is 35.8 Å². The Hall–Kier alpha value is -3.96. The van der Waals surface area contributed by atoms with Gasteiger partial charge in [0.25, 0.3) is 0 Å². The zero-order chi connectivity index (χ0) is 27.0. The minimum atomic E-state index is -4.55. The fraction of sp³-hybridized carbons (Fsp3) is 0.308. The maximum Gasteiger partial charge on any atom is 0.442 e. The molecular formula is C26H20F6N4O2. The highest BCUT2D eigenvalue weighted by Gasteiger charge is 2.65. The maximum absolute atomic E-state index is 13.1. The van der Waals surface area contributed by atoms with Gasteiger partial charge in [0.05, 0.1) is 13.2 Å². The third-order valence-electron chi connectivity index (χ3n) is 6.25. The van der Waals surface area contributed by atoms with Crippen LogP contribution < -0.4 is 9.47 Å². The molecule has 0 fully saturated rings. The number of rotatable bonds is 10. The summed E-state index contributed by atoms with van der Waals surface area (Å²) in [5, 5.41) is 12.8. The molecule has 0 spiro atoms. The summed E-state index contributed by atoms with van der Waals surface area (Å²) in [6, 6.07) is 18.8. The van der Waals surface area contributed by atoms with Gasteiger partial charge in [-0.2, -0.15) is 26.3 Å². The Balaban J connectivity index is 1.04. The Morgan fingerprint density at radius 1 is 0.500 bits per heavy atom. The van der Waals surface area contributed by atoms with Crippen molar-refractivity contribution >= 4 is 0 Å². The second kappa shape index (κ2) is 9.41. The molecule has 3 aromatic carbocycles. The molecule has 0 aliphatic carbocycles. The first kappa shape index (κ1) is 25.7. The van der Waals surface area contributed by atoms with Crippen LogP contribution in [0.25, 0.3) is 0 Å². The quantitative estimate of drug-likeness (QED) is 0.256. The van der Waals surface area contributed by atoms with Gasteiger partial charge in [-0.25, -0.2) is 0 Å². The smallest absolute Gasteiger partial charge is 0.442 e. The molecule has 0 N–H and O–H groups in total. The molecule has 38 heavy (non-hydrogen) atoms. The zero-order valence-corrected chi connectivity index (χ0v) is 19.6. The summed E-state index contributed by atoms with van der Waals surface area (Å²) in [5.74, 6) is 1.20. The molecule has 0 saturated carbocycles. The average molecular weight is 534 g/mol. The van der Waals surface area contributed by atoms with E-state index in [1.54, 1.807) is 48.5 Å². The van der Waals surface area contributed by atoms with Crippen LogP contribution in [0, 0.1) is 0 Å². The molecule has 0 unspecified atom stereocenters. The van der Waals surface area contributed by atoms with E-state index < -0.39 is 23.7 Å². The standard InChI is InChI=1S/C26H20F6N4O2/c27-25(28,29)23(33-34-23)19-5-1-17(2-6-19)13-15-37-21-9-11-22(12-10-21)38-16-14-18-3-7-20(8-4-18)24(35-36-24)26(30,31)32/h1-12H,13-16H2. The van der Waals surface area contributed by atoms with Gasteiger partial charge in [-0.15, -0.1) is 20.5 Å². The van der Waals surface area contributed by atoms with Crippen molar-refractivity contribution in [2.45, 2.75) is 36.5 Å². The molecule has 5 rings (SSSR count). The van der Waals surface area contributed by atoms with Crippen molar-refractivity contribution in [1.29, 1.82) is 0 Å². The van der Waals surface area contributed by atoms with E-state index >= 15 is 0 Å². The molecule has 198 valence electrons. The molecule has 0 aromatic heterocycles. The van der Waals surface area contributed by atoms with Crippen LogP contribution >= 0.6 is 0 Å². The summed E-state index contributed by atoms with van der Waals surface area (Å²) >= 11 is 0. The van der Waals surface area contributed by atoms with Gasteiger partial charge in [-0.05, 0) is 35.4 Å². The van der Waals surface area contributed by atoms with Crippen LogP contribution in [0.2, 0.25) is 0 Å². The summed E-state index contributed by atoms with van der Waals surface area (Å²) in [6.45, 7) is 0.649. The summed E-state index contributed by atoms with van der Waals surface area (Å²) in [4.78, 5) is 0. The van der Waals surface area contributed by atoms with Crippen LogP contribution in [0.5, 0.6) is 11.5 Å². The zero-order valence-electron chi connectivity index (χ0n) is 19.6. The molecular weight excluding hydrogens is 514 g/mol. The highest BCUT2D eigenvalue weighted by molar-refractivity contribution is 5.35. The van der Waals surface area contributed by atoms with Crippen LogP contribution in [-0.4, -0.2) is 25.6 Å². The van der Waals surface area contributed by atoms with Crippen LogP contribution in [0.3, 0.4) is 0 Å². The number of nitrogens with zero attached hydrogens (tertiary/aromatic N) is 4. The van der Waals surface area contributed by atoms with Crippen molar-refractivity contribution in [2.24, 2.45) is 20.5 Å². The predicted octanol–water partition coefficient (Wildman–Crippen LogP) is 7.29. The van der Waals surface area contributed by atoms with Gasteiger partial charge in [0, 0.05) is 24.0 Å². The minimum Gasteiger partial charge on any atom is -0.493 e. The topological polar surface area (TPSA) is 67.9 Å². The Bertz CT molecular complexity index is 1220. The monoisotopic (exact) mass is 534 g/mol. The Kier molecular flexibility index (Phi) is 6.36. The van der Waals surface area contributed by atoms with Gasteiger partial charge in [0.1, 0.15) is 11.5 Å². The number of hydrogen-bond acceptors (Lipinski definition) is 6. The fourth-order valence-corrected chi connectivity index (χ4v) is 3.90. The molecule has 6 nitrogen and oxygen atoms in total. The van der Waals surface area contributed by atoms with E-state index in [-0.39, 0.29) is 11.1 Å².